The minimum atomic E-state index is 0. The summed E-state index contributed by atoms with van der Waals surface area (Å²) in [4.78, 5) is 0. The van der Waals surface area contributed by atoms with Crippen molar-refractivity contribution in [2.24, 2.45) is 5.41 Å². The molecule has 0 spiro atoms. The molecule has 31 heavy (non-hydrogen) atoms. The molecule has 0 unspecified atom stereocenters. The Kier molecular flexibility index (Phi) is 14.9. The molecule has 162 valence electrons. The number of rotatable bonds is 4. The van der Waals surface area contributed by atoms with Gasteiger partial charge in [0.05, 0.1) is 6.26 Å². The molecule has 0 aliphatic heterocycles. The van der Waals surface area contributed by atoms with Crippen molar-refractivity contribution < 1.29 is 26.5 Å². The molecule has 0 bridgehead atoms. The van der Waals surface area contributed by atoms with Gasteiger partial charge in [-0.3, -0.25) is 6.08 Å². The Morgan fingerprint density at radius 2 is 1.71 bits per heavy atom. The van der Waals surface area contributed by atoms with Crippen LogP contribution in [0.1, 0.15) is 38.3 Å². The maximum atomic E-state index is 5.66. The number of ether oxygens (including phenoxy) is 1. The van der Waals surface area contributed by atoms with E-state index in [1.165, 1.54) is 11.1 Å². The molecule has 0 amide bonds. The molecule has 1 aliphatic rings. The Balaban J connectivity index is 0.000000583. The zero-order valence-electron chi connectivity index (χ0n) is 19.8. The van der Waals surface area contributed by atoms with Gasteiger partial charge in [0.15, 0.2) is 0 Å². The minimum Gasteiger partial charge on any atom is -0.464 e. The monoisotopic (exact) mass is 463 g/mol. The van der Waals surface area contributed by atoms with Gasteiger partial charge in [0.25, 0.3) is 0 Å². The molecule has 0 atom stereocenters. The van der Waals surface area contributed by atoms with E-state index in [1.54, 1.807) is 12.3 Å². The molecule has 0 heterocycles. The van der Waals surface area contributed by atoms with Crippen LogP contribution >= 0.6 is 0 Å². The molecule has 2 radical (unpaired) electrons. The average Bonchev–Trinajstić information content (AvgIpc) is 3.26. The second-order valence-electron chi connectivity index (χ2n) is 8.04. The van der Waals surface area contributed by atoms with Crippen LogP contribution in [0.4, 0.5) is 0 Å². The third-order valence-corrected chi connectivity index (χ3v) is 4.20. The van der Waals surface area contributed by atoms with Gasteiger partial charge < -0.3 is 4.74 Å². The van der Waals surface area contributed by atoms with Crippen LogP contribution in [-0.2, 0) is 21.7 Å². The standard InChI is InChI=1S/C17H16O.C9H13.C2H6Si.Ti/c1-3-15(16-9-5-4-6-10-16)13-18-17-11-7-8-14(2)12-17;1-9(2,3)8-6-4-5-7-8;1-3-2;/h3-13H,1H2,2H3;6-7H,4H2,1-3H3;1-2H3;/q;-1;;. The van der Waals surface area contributed by atoms with Gasteiger partial charge in [-0.25, -0.2) is 6.08 Å². The smallest absolute Gasteiger partial charge is 0.126 e. The summed E-state index contributed by atoms with van der Waals surface area (Å²) >= 11 is 0. The van der Waals surface area contributed by atoms with Gasteiger partial charge in [0, 0.05) is 36.8 Å². The summed E-state index contributed by atoms with van der Waals surface area (Å²) in [6.45, 7) is 16.8. The topological polar surface area (TPSA) is 9.23 Å². The van der Waals surface area contributed by atoms with Crippen LogP contribution in [0.25, 0.3) is 5.57 Å². The molecule has 0 fully saturated rings. The van der Waals surface area contributed by atoms with Gasteiger partial charge in [-0.05, 0) is 30.2 Å². The first-order chi connectivity index (χ1) is 14.3. The number of aryl methyl sites for hydroxylation is 1. The number of hydrogen-bond donors (Lipinski definition) is 0. The van der Waals surface area contributed by atoms with E-state index in [4.69, 9.17) is 4.74 Å². The van der Waals surface area contributed by atoms with Crippen molar-refractivity contribution >= 4 is 15.1 Å². The van der Waals surface area contributed by atoms with Gasteiger partial charge in [-0.2, -0.15) is 11.6 Å². The van der Waals surface area contributed by atoms with Gasteiger partial charge in [0.1, 0.15) is 5.75 Å². The fourth-order valence-corrected chi connectivity index (χ4v) is 2.60. The van der Waals surface area contributed by atoms with E-state index < -0.39 is 0 Å². The van der Waals surface area contributed by atoms with Gasteiger partial charge in [-0.15, -0.1) is 6.42 Å². The van der Waals surface area contributed by atoms with Crippen LogP contribution in [0.3, 0.4) is 0 Å². The molecule has 3 rings (SSSR count). The predicted molar refractivity (Wildman–Crippen MR) is 134 cm³/mol. The predicted octanol–water partition coefficient (Wildman–Crippen LogP) is 8.11. The zero-order valence-corrected chi connectivity index (χ0v) is 22.4. The van der Waals surface area contributed by atoms with Crippen molar-refractivity contribution in [1.29, 1.82) is 0 Å². The molecule has 0 saturated carbocycles. The van der Waals surface area contributed by atoms with Crippen molar-refractivity contribution in [3.05, 3.63) is 108 Å². The third-order valence-electron chi connectivity index (χ3n) is 4.20. The first-order valence-electron chi connectivity index (χ1n) is 10.3. The fourth-order valence-electron chi connectivity index (χ4n) is 2.60. The molecule has 2 aromatic rings. The van der Waals surface area contributed by atoms with Crippen LogP contribution in [-0.4, -0.2) is 9.52 Å². The van der Waals surface area contributed by atoms with E-state index in [-0.39, 0.29) is 21.7 Å². The van der Waals surface area contributed by atoms with Crippen molar-refractivity contribution in [3.8, 4) is 5.75 Å². The summed E-state index contributed by atoms with van der Waals surface area (Å²) in [5.74, 6) is 0.838. The first-order valence-corrected chi connectivity index (χ1v) is 12.3. The second-order valence-corrected chi connectivity index (χ2v) is 9.04. The summed E-state index contributed by atoms with van der Waals surface area (Å²) in [6, 6.07) is 18.0. The largest absolute Gasteiger partial charge is 0.464 e. The summed E-state index contributed by atoms with van der Waals surface area (Å²) in [5.41, 5.74) is 4.99. The van der Waals surface area contributed by atoms with E-state index in [0.717, 1.165) is 32.8 Å². The van der Waals surface area contributed by atoms with E-state index in [0.29, 0.717) is 5.41 Å². The average molecular weight is 464 g/mol. The van der Waals surface area contributed by atoms with Gasteiger partial charge in [-0.1, -0.05) is 94.4 Å². The Labute approximate surface area is 207 Å². The number of benzene rings is 2. The molecule has 0 aromatic heterocycles. The van der Waals surface area contributed by atoms with Crippen LogP contribution in [0.2, 0.25) is 13.1 Å². The Morgan fingerprint density at radius 3 is 2.16 bits per heavy atom. The van der Waals surface area contributed by atoms with E-state index in [9.17, 15) is 0 Å². The van der Waals surface area contributed by atoms with Gasteiger partial charge >= 0.3 is 0 Å². The molecule has 1 aliphatic carbocycles. The van der Waals surface area contributed by atoms with Crippen molar-refractivity contribution in [3.63, 3.8) is 0 Å². The Morgan fingerprint density at radius 1 is 1.06 bits per heavy atom. The van der Waals surface area contributed by atoms with E-state index >= 15 is 0 Å². The van der Waals surface area contributed by atoms with E-state index in [1.807, 2.05) is 61.5 Å². The SMILES string of the molecule is C=CC(=COc1cccc(C)c1)c1ccccc1.CC(C)(C)C1=CC[C-]=C1.C[Si]C.[Ti]. The number of allylic oxidation sites excluding steroid dienone is 6. The molecule has 2 aromatic carbocycles. The minimum absolute atomic E-state index is 0. The summed E-state index contributed by atoms with van der Waals surface area (Å²) in [5, 5.41) is 0. The number of hydrogen-bond acceptors (Lipinski definition) is 1. The second kappa shape index (κ2) is 15.9. The van der Waals surface area contributed by atoms with Crippen molar-refractivity contribution in [2.45, 2.75) is 47.2 Å². The zero-order chi connectivity index (χ0) is 22.4. The van der Waals surface area contributed by atoms with E-state index in [2.05, 4.69) is 58.7 Å². The van der Waals surface area contributed by atoms with Crippen LogP contribution in [0, 0.1) is 18.4 Å². The summed E-state index contributed by atoms with van der Waals surface area (Å²) < 4.78 is 5.66. The first kappa shape index (κ1) is 29.1. The maximum Gasteiger partial charge on any atom is 0.126 e. The molecule has 3 heteroatoms. The molecular weight excluding hydrogens is 428 g/mol. The van der Waals surface area contributed by atoms with Crippen molar-refractivity contribution in [1.82, 2.24) is 0 Å². The van der Waals surface area contributed by atoms with Crippen molar-refractivity contribution in [2.75, 3.05) is 0 Å². The summed E-state index contributed by atoms with van der Waals surface area (Å²) in [7, 11) is 1.08. The Bertz CT molecular complexity index is 858. The normalized spacial score (nSPS) is 12.3. The third kappa shape index (κ3) is 11.9. The van der Waals surface area contributed by atoms with Crippen LogP contribution in [0.15, 0.2) is 91.2 Å². The van der Waals surface area contributed by atoms with Crippen LogP contribution in [0.5, 0.6) is 5.75 Å². The van der Waals surface area contributed by atoms with Crippen LogP contribution < -0.4 is 4.74 Å². The quantitative estimate of drug-likeness (QED) is 0.193. The molecular formula is C28H35OSiTi-. The molecule has 0 N–H and O–H groups in total. The fraction of sp³-hybridized carbons (Fsp3) is 0.286. The Hall–Kier alpha value is -1.87. The molecule has 0 saturated heterocycles. The maximum absolute atomic E-state index is 5.66. The molecule has 1 nitrogen and oxygen atoms in total. The summed E-state index contributed by atoms with van der Waals surface area (Å²) in [6.07, 6.45) is 12.0. The van der Waals surface area contributed by atoms with Gasteiger partial charge in [0.2, 0.25) is 0 Å².